The van der Waals surface area contributed by atoms with Gasteiger partial charge < -0.3 is 9.80 Å². The van der Waals surface area contributed by atoms with Gasteiger partial charge in [0.05, 0.1) is 5.41 Å². The van der Waals surface area contributed by atoms with Crippen molar-refractivity contribution < 1.29 is 4.79 Å². The second-order valence-corrected chi connectivity index (χ2v) is 7.44. The molecule has 25 heavy (non-hydrogen) atoms. The molecule has 0 fully saturated rings. The molecule has 128 valence electrons. The number of amides is 1. The predicted octanol–water partition coefficient (Wildman–Crippen LogP) is 3.93. The van der Waals surface area contributed by atoms with Crippen LogP contribution in [0.4, 0.5) is 11.4 Å². The smallest absolute Gasteiger partial charge is 0.237 e. The molecular weight excluding hydrogens is 308 g/mol. The number of benzene rings is 2. The van der Waals surface area contributed by atoms with Crippen LogP contribution in [0.15, 0.2) is 60.7 Å². The van der Waals surface area contributed by atoms with Crippen molar-refractivity contribution in [3.8, 4) is 0 Å². The zero-order valence-corrected chi connectivity index (χ0v) is 15.0. The van der Waals surface area contributed by atoms with Crippen molar-refractivity contribution in [2.75, 3.05) is 29.9 Å². The van der Waals surface area contributed by atoms with Gasteiger partial charge in [-0.25, -0.2) is 0 Å². The van der Waals surface area contributed by atoms with Crippen LogP contribution in [0.2, 0.25) is 0 Å². The van der Waals surface area contributed by atoms with Crippen LogP contribution < -0.4 is 9.80 Å². The molecule has 2 heterocycles. The van der Waals surface area contributed by atoms with E-state index >= 15 is 0 Å². The highest BCUT2D eigenvalue weighted by molar-refractivity contribution is 6.07. The van der Waals surface area contributed by atoms with E-state index in [1.54, 1.807) is 4.90 Å². The van der Waals surface area contributed by atoms with Gasteiger partial charge in [0, 0.05) is 31.5 Å². The molecule has 0 N–H and O–H groups in total. The van der Waals surface area contributed by atoms with Crippen molar-refractivity contribution in [3.05, 3.63) is 71.8 Å². The summed E-state index contributed by atoms with van der Waals surface area (Å²) in [5.74, 6) is 0.164. The molecule has 2 aliphatic rings. The molecule has 0 radical (unpaired) electrons. The molecule has 3 heteroatoms. The third-order valence-electron chi connectivity index (χ3n) is 5.64. The standard InChI is InChI=1S/C22H24N2O/c1-16(15-24-13-12-17-8-4-6-10-19(17)24)14-22(2)18-9-5-7-11-20(18)23(3)21(22)25/h4-11H,1,12-15H2,2-3H3. The van der Waals surface area contributed by atoms with Crippen LogP contribution in [0, 0.1) is 0 Å². The van der Waals surface area contributed by atoms with Crippen LogP contribution in [0.1, 0.15) is 24.5 Å². The molecule has 0 saturated carbocycles. The average Bonchev–Trinajstić information content (AvgIpc) is 3.10. The second-order valence-electron chi connectivity index (χ2n) is 7.44. The molecule has 0 aliphatic carbocycles. The van der Waals surface area contributed by atoms with E-state index in [2.05, 4.69) is 48.7 Å². The van der Waals surface area contributed by atoms with Crippen LogP contribution in [0.25, 0.3) is 0 Å². The summed E-state index contributed by atoms with van der Waals surface area (Å²) in [6.07, 6.45) is 1.77. The lowest BCUT2D eigenvalue weighted by atomic mass is 9.78. The molecule has 0 bridgehead atoms. The van der Waals surface area contributed by atoms with Gasteiger partial charge in [0.1, 0.15) is 0 Å². The Morgan fingerprint density at radius 2 is 1.80 bits per heavy atom. The number of fused-ring (bicyclic) bond motifs is 2. The Morgan fingerprint density at radius 3 is 2.60 bits per heavy atom. The number of hydrogen-bond acceptors (Lipinski definition) is 2. The summed E-state index contributed by atoms with van der Waals surface area (Å²) in [6, 6.07) is 16.7. The Labute approximate surface area is 149 Å². The fourth-order valence-corrected chi connectivity index (χ4v) is 4.39. The van der Waals surface area contributed by atoms with Crippen LogP contribution >= 0.6 is 0 Å². The summed E-state index contributed by atoms with van der Waals surface area (Å²) in [7, 11) is 1.87. The van der Waals surface area contributed by atoms with Crippen molar-refractivity contribution in [1.82, 2.24) is 0 Å². The number of carbonyl (C=O) groups excluding carboxylic acids is 1. The summed E-state index contributed by atoms with van der Waals surface area (Å²) < 4.78 is 0. The molecule has 2 aromatic carbocycles. The van der Waals surface area contributed by atoms with E-state index in [4.69, 9.17) is 0 Å². The molecular formula is C22H24N2O. The van der Waals surface area contributed by atoms with E-state index in [1.807, 2.05) is 25.2 Å². The first-order valence-electron chi connectivity index (χ1n) is 8.88. The SMILES string of the molecule is C=C(CN1CCc2ccccc21)CC1(C)C(=O)N(C)c2ccccc21. The number of anilines is 2. The first kappa shape index (κ1) is 15.9. The quantitative estimate of drug-likeness (QED) is 0.792. The lowest BCUT2D eigenvalue weighted by Crippen LogP contribution is -2.37. The Hall–Kier alpha value is -2.55. The van der Waals surface area contributed by atoms with Crippen LogP contribution in [0.3, 0.4) is 0 Å². The summed E-state index contributed by atoms with van der Waals surface area (Å²) in [5, 5.41) is 0. The Kier molecular flexibility index (Phi) is 3.68. The third kappa shape index (κ3) is 2.46. The average molecular weight is 332 g/mol. The van der Waals surface area contributed by atoms with Gasteiger partial charge in [-0.1, -0.05) is 48.6 Å². The van der Waals surface area contributed by atoms with Crippen molar-refractivity contribution >= 4 is 17.3 Å². The number of carbonyl (C=O) groups is 1. The van der Waals surface area contributed by atoms with E-state index in [9.17, 15) is 4.79 Å². The minimum Gasteiger partial charge on any atom is -0.367 e. The van der Waals surface area contributed by atoms with Crippen molar-refractivity contribution in [1.29, 1.82) is 0 Å². The first-order chi connectivity index (χ1) is 12.0. The molecule has 1 unspecified atom stereocenters. The van der Waals surface area contributed by atoms with Gasteiger partial charge in [0.2, 0.25) is 5.91 Å². The first-order valence-corrected chi connectivity index (χ1v) is 8.88. The third-order valence-corrected chi connectivity index (χ3v) is 5.64. The molecule has 0 aromatic heterocycles. The molecule has 1 amide bonds. The van der Waals surface area contributed by atoms with E-state index in [0.29, 0.717) is 6.42 Å². The zero-order valence-electron chi connectivity index (χ0n) is 15.0. The van der Waals surface area contributed by atoms with Gasteiger partial charge in [-0.15, -0.1) is 0 Å². The van der Waals surface area contributed by atoms with Gasteiger partial charge in [-0.05, 0) is 43.0 Å². The van der Waals surface area contributed by atoms with Gasteiger partial charge in [0.25, 0.3) is 0 Å². The van der Waals surface area contributed by atoms with E-state index in [-0.39, 0.29) is 5.91 Å². The van der Waals surface area contributed by atoms with Crippen LogP contribution in [0.5, 0.6) is 0 Å². The highest BCUT2D eigenvalue weighted by atomic mass is 16.2. The minimum atomic E-state index is -0.512. The molecule has 2 aromatic rings. The lowest BCUT2D eigenvalue weighted by molar-refractivity contribution is -0.122. The number of likely N-dealkylation sites (N-methyl/N-ethyl adjacent to an activating group) is 1. The summed E-state index contributed by atoms with van der Waals surface area (Å²) in [5.41, 5.74) is 5.45. The van der Waals surface area contributed by atoms with Crippen LogP contribution in [-0.2, 0) is 16.6 Å². The molecule has 2 aliphatic heterocycles. The molecule has 0 spiro atoms. The monoisotopic (exact) mass is 332 g/mol. The van der Waals surface area contributed by atoms with Crippen molar-refractivity contribution in [2.24, 2.45) is 0 Å². The van der Waals surface area contributed by atoms with Gasteiger partial charge in [-0.3, -0.25) is 4.79 Å². The number of hydrogen-bond donors (Lipinski definition) is 0. The maximum atomic E-state index is 12.9. The molecule has 3 nitrogen and oxygen atoms in total. The normalized spacial score (nSPS) is 21.4. The number of rotatable bonds is 4. The largest absolute Gasteiger partial charge is 0.367 e. The highest BCUT2D eigenvalue weighted by Crippen LogP contribution is 2.44. The van der Waals surface area contributed by atoms with Gasteiger partial charge in [0.15, 0.2) is 0 Å². The summed E-state index contributed by atoms with van der Waals surface area (Å²) >= 11 is 0. The minimum absolute atomic E-state index is 0.164. The fourth-order valence-electron chi connectivity index (χ4n) is 4.39. The van der Waals surface area contributed by atoms with Crippen LogP contribution in [-0.4, -0.2) is 26.0 Å². The lowest BCUT2D eigenvalue weighted by Gasteiger charge is -2.27. The maximum Gasteiger partial charge on any atom is 0.237 e. The Balaban J connectivity index is 1.55. The van der Waals surface area contributed by atoms with Crippen molar-refractivity contribution in [3.63, 3.8) is 0 Å². The zero-order chi connectivity index (χ0) is 17.6. The maximum absolute atomic E-state index is 12.9. The fraction of sp³-hybridized carbons (Fsp3) is 0.318. The summed E-state index contributed by atoms with van der Waals surface area (Å²) in [6.45, 7) is 8.21. The Morgan fingerprint density at radius 1 is 1.12 bits per heavy atom. The molecule has 4 rings (SSSR count). The number of nitrogens with zero attached hydrogens (tertiary/aromatic N) is 2. The van der Waals surface area contributed by atoms with Crippen molar-refractivity contribution in [2.45, 2.75) is 25.2 Å². The van der Waals surface area contributed by atoms with Gasteiger partial charge in [-0.2, -0.15) is 0 Å². The van der Waals surface area contributed by atoms with E-state index in [0.717, 1.165) is 36.3 Å². The van der Waals surface area contributed by atoms with Gasteiger partial charge >= 0.3 is 0 Å². The Bertz CT molecular complexity index is 857. The summed E-state index contributed by atoms with van der Waals surface area (Å²) in [4.78, 5) is 17.1. The topological polar surface area (TPSA) is 23.6 Å². The number of para-hydroxylation sites is 2. The van der Waals surface area contributed by atoms with E-state index in [1.165, 1.54) is 11.3 Å². The highest BCUT2D eigenvalue weighted by Gasteiger charge is 2.45. The predicted molar refractivity (Wildman–Crippen MR) is 103 cm³/mol. The second kappa shape index (κ2) is 5.76. The van der Waals surface area contributed by atoms with E-state index < -0.39 is 5.41 Å². The molecule has 1 atom stereocenters. The molecule has 0 saturated heterocycles.